The average molecular weight is 416 g/mol. The van der Waals surface area contributed by atoms with Gasteiger partial charge in [0.2, 0.25) is 5.75 Å². The number of hydrogen-bond acceptors (Lipinski definition) is 7. The van der Waals surface area contributed by atoms with Crippen LogP contribution in [-0.4, -0.2) is 45.2 Å². The van der Waals surface area contributed by atoms with Gasteiger partial charge >= 0.3 is 5.97 Å². The Morgan fingerprint density at radius 2 is 1.50 bits per heavy atom. The molecule has 0 aliphatic carbocycles. The minimum atomic E-state index is -1.12. The average Bonchev–Trinajstić information content (AvgIpc) is 2.76. The van der Waals surface area contributed by atoms with Crippen molar-refractivity contribution in [3.63, 3.8) is 0 Å². The van der Waals surface area contributed by atoms with Crippen LogP contribution in [0, 0.1) is 0 Å². The molecule has 0 saturated carbocycles. The Kier molecular flexibility index (Phi) is 8.04. The number of ether oxygens (including phenoxy) is 4. The SMILES string of the molecule is COc1cc(CC(=O)O[C@H](C)C(=O)NNC(=O)c2ccccc2)cc(OC)c1OC. The van der Waals surface area contributed by atoms with E-state index in [0.29, 0.717) is 28.4 Å². The van der Waals surface area contributed by atoms with Gasteiger partial charge in [0.1, 0.15) is 0 Å². The maximum Gasteiger partial charge on any atom is 0.311 e. The van der Waals surface area contributed by atoms with Gasteiger partial charge in [-0.2, -0.15) is 0 Å². The molecule has 9 heteroatoms. The predicted octanol–water partition coefficient (Wildman–Crippen LogP) is 1.65. The third kappa shape index (κ3) is 5.87. The van der Waals surface area contributed by atoms with Gasteiger partial charge < -0.3 is 18.9 Å². The Labute approximate surface area is 174 Å². The lowest BCUT2D eigenvalue weighted by Gasteiger charge is -2.16. The van der Waals surface area contributed by atoms with Crippen molar-refractivity contribution in [3.8, 4) is 17.2 Å². The summed E-state index contributed by atoms with van der Waals surface area (Å²) < 4.78 is 20.9. The molecule has 30 heavy (non-hydrogen) atoms. The maximum absolute atomic E-state index is 12.2. The van der Waals surface area contributed by atoms with E-state index in [1.54, 1.807) is 42.5 Å². The van der Waals surface area contributed by atoms with Gasteiger partial charge in [0.15, 0.2) is 17.6 Å². The molecule has 0 aromatic heterocycles. The normalized spacial score (nSPS) is 11.1. The summed E-state index contributed by atoms with van der Waals surface area (Å²) in [6.07, 6.45) is -1.24. The minimum absolute atomic E-state index is 0.120. The van der Waals surface area contributed by atoms with Gasteiger partial charge in [-0.15, -0.1) is 0 Å². The van der Waals surface area contributed by atoms with Crippen molar-refractivity contribution >= 4 is 17.8 Å². The molecule has 2 amide bonds. The van der Waals surface area contributed by atoms with Crippen LogP contribution in [0.25, 0.3) is 0 Å². The molecule has 0 spiro atoms. The number of carbonyl (C=O) groups is 3. The number of amides is 2. The van der Waals surface area contributed by atoms with E-state index in [1.807, 2.05) is 0 Å². The Bertz CT molecular complexity index is 874. The van der Waals surface area contributed by atoms with Crippen molar-refractivity contribution in [2.75, 3.05) is 21.3 Å². The van der Waals surface area contributed by atoms with Gasteiger partial charge in [0.05, 0.1) is 27.8 Å². The summed E-state index contributed by atoms with van der Waals surface area (Å²) in [5.74, 6) is -0.596. The fourth-order valence-electron chi connectivity index (χ4n) is 2.58. The molecule has 2 rings (SSSR count). The van der Waals surface area contributed by atoms with Gasteiger partial charge in [0.25, 0.3) is 11.8 Å². The van der Waals surface area contributed by atoms with Crippen molar-refractivity contribution in [2.45, 2.75) is 19.4 Å². The predicted molar refractivity (Wildman–Crippen MR) is 107 cm³/mol. The maximum atomic E-state index is 12.2. The Morgan fingerprint density at radius 1 is 0.900 bits per heavy atom. The lowest BCUT2D eigenvalue weighted by atomic mass is 10.1. The van der Waals surface area contributed by atoms with Gasteiger partial charge in [-0.25, -0.2) is 0 Å². The van der Waals surface area contributed by atoms with E-state index in [9.17, 15) is 14.4 Å². The standard InChI is InChI=1S/C21H24N2O7/c1-13(20(25)22-23-21(26)15-8-6-5-7-9-15)30-18(24)12-14-10-16(27-2)19(29-4)17(11-14)28-3/h5-11,13H,12H2,1-4H3,(H,22,25)(H,23,26)/t13-/m1/s1. The third-order valence-corrected chi connectivity index (χ3v) is 4.09. The molecule has 2 N–H and O–H groups in total. The van der Waals surface area contributed by atoms with Crippen LogP contribution in [0.15, 0.2) is 42.5 Å². The number of esters is 1. The van der Waals surface area contributed by atoms with Gasteiger partial charge in [0, 0.05) is 5.56 Å². The molecule has 2 aromatic carbocycles. The fourth-order valence-corrected chi connectivity index (χ4v) is 2.58. The summed E-state index contributed by atoms with van der Waals surface area (Å²) >= 11 is 0. The molecular formula is C21H24N2O7. The number of benzene rings is 2. The van der Waals surface area contributed by atoms with Crippen molar-refractivity contribution in [1.29, 1.82) is 0 Å². The number of methoxy groups -OCH3 is 3. The highest BCUT2D eigenvalue weighted by Gasteiger charge is 2.20. The van der Waals surface area contributed by atoms with Gasteiger partial charge in [-0.05, 0) is 36.8 Å². The molecule has 2 aromatic rings. The number of nitrogens with one attached hydrogen (secondary N) is 2. The highest BCUT2D eigenvalue weighted by Crippen LogP contribution is 2.38. The highest BCUT2D eigenvalue weighted by molar-refractivity contribution is 5.95. The van der Waals surface area contributed by atoms with E-state index >= 15 is 0 Å². The Balaban J connectivity index is 1.92. The first-order chi connectivity index (χ1) is 14.4. The lowest BCUT2D eigenvalue weighted by Crippen LogP contribution is -2.46. The molecule has 0 unspecified atom stereocenters. The molecule has 0 radical (unpaired) electrons. The molecule has 160 valence electrons. The molecule has 0 saturated heterocycles. The first-order valence-electron chi connectivity index (χ1n) is 9.03. The van der Waals surface area contributed by atoms with E-state index < -0.39 is 23.9 Å². The van der Waals surface area contributed by atoms with Crippen molar-refractivity contribution < 1.29 is 33.3 Å². The van der Waals surface area contributed by atoms with Crippen LogP contribution in [0.4, 0.5) is 0 Å². The summed E-state index contributed by atoms with van der Waals surface area (Å²) in [5.41, 5.74) is 5.43. The molecular weight excluding hydrogens is 392 g/mol. The number of carbonyl (C=O) groups excluding carboxylic acids is 3. The molecule has 0 heterocycles. The summed E-state index contributed by atoms with van der Waals surface area (Å²) in [6.45, 7) is 1.40. The van der Waals surface area contributed by atoms with E-state index in [-0.39, 0.29) is 6.42 Å². The molecule has 0 bridgehead atoms. The number of hydrogen-bond donors (Lipinski definition) is 2. The van der Waals surface area contributed by atoms with Gasteiger partial charge in [-0.1, -0.05) is 18.2 Å². The topological polar surface area (TPSA) is 112 Å². The molecule has 0 fully saturated rings. The van der Waals surface area contributed by atoms with Crippen molar-refractivity contribution in [2.24, 2.45) is 0 Å². The fraction of sp³-hybridized carbons (Fsp3) is 0.286. The quantitative estimate of drug-likeness (QED) is 0.497. The van der Waals surface area contributed by atoms with Crippen LogP contribution in [0.5, 0.6) is 17.2 Å². The summed E-state index contributed by atoms with van der Waals surface area (Å²) in [7, 11) is 4.41. The smallest absolute Gasteiger partial charge is 0.311 e. The van der Waals surface area contributed by atoms with Crippen molar-refractivity contribution in [3.05, 3.63) is 53.6 Å². The molecule has 0 aliphatic rings. The Morgan fingerprint density at radius 3 is 2.03 bits per heavy atom. The molecule has 0 aliphatic heterocycles. The first kappa shape index (κ1) is 22.5. The summed E-state index contributed by atoms with van der Waals surface area (Å²) in [5, 5.41) is 0. The first-order valence-corrected chi connectivity index (χ1v) is 9.03. The summed E-state index contributed by atoms with van der Waals surface area (Å²) in [6, 6.07) is 11.6. The second-order valence-corrected chi connectivity index (χ2v) is 6.15. The Hall–Kier alpha value is -3.75. The molecule has 1 atom stereocenters. The monoisotopic (exact) mass is 416 g/mol. The van der Waals surface area contributed by atoms with Crippen molar-refractivity contribution in [1.82, 2.24) is 10.9 Å². The van der Waals surface area contributed by atoms with Crippen LogP contribution in [0.2, 0.25) is 0 Å². The number of rotatable bonds is 8. The van der Waals surface area contributed by atoms with Crippen LogP contribution < -0.4 is 25.1 Å². The van der Waals surface area contributed by atoms with Crippen LogP contribution in [0.3, 0.4) is 0 Å². The van der Waals surface area contributed by atoms with E-state index in [1.165, 1.54) is 28.3 Å². The van der Waals surface area contributed by atoms with Crippen LogP contribution in [0.1, 0.15) is 22.8 Å². The molecule has 9 nitrogen and oxygen atoms in total. The second-order valence-electron chi connectivity index (χ2n) is 6.15. The second kappa shape index (κ2) is 10.7. The zero-order valence-corrected chi connectivity index (χ0v) is 17.2. The van der Waals surface area contributed by atoms with E-state index in [2.05, 4.69) is 10.9 Å². The zero-order valence-electron chi connectivity index (χ0n) is 17.2. The van der Waals surface area contributed by atoms with E-state index in [0.717, 1.165) is 0 Å². The van der Waals surface area contributed by atoms with E-state index in [4.69, 9.17) is 18.9 Å². The van der Waals surface area contributed by atoms with Crippen LogP contribution in [-0.2, 0) is 20.7 Å². The highest BCUT2D eigenvalue weighted by atomic mass is 16.5. The van der Waals surface area contributed by atoms with Crippen LogP contribution >= 0.6 is 0 Å². The third-order valence-electron chi connectivity index (χ3n) is 4.09. The summed E-state index contributed by atoms with van der Waals surface area (Å²) in [4.78, 5) is 36.3. The largest absolute Gasteiger partial charge is 0.493 e. The lowest BCUT2D eigenvalue weighted by molar-refractivity contribution is -0.154. The zero-order chi connectivity index (χ0) is 22.1. The minimum Gasteiger partial charge on any atom is -0.493 e. The number of hydrazine groups is 1. The van der Waals surface area contributed by atoms with Gasteiger partial charge in [-0.3, -0.25) is 25.2 Å².